The molecule has 35 heavy (non-hydrogen) atoms. The number of hydrogen-bond donors (Lipinski definition) is 1. The van der Waals surface area contributed by atoms with Gasteiger partial charge in [-0.1, -0.05) is 0 Å². The van der Waals surface area contributed by atoms with E-state index < -0.39 is 11.7 Å². The minimum Gasteiger partial charge on any atom is -0.493 e. The zero-order valence-corrected chi connectivity index (χ0v) is 19.9. The maximum absolute atomic E-state index is 14.9. The predicted molar refractivity (Wildman–Crippen MR) is 129 cm³/mol. The second-order valence-corrected chi connectivity index (χ2v) is 8.87. The number of benzene rings is 2. The van der Waals surface area contributed by atoms with Gasteiger partial charge in [0.15, 0.2) is 0 Å². The van der Waals surface area contributed by atoms with Crippen molar-refractivity contribution in [2.24, 2.45) is 0 Å². The number of anilines is 1. The molecule has 1 N–H and O–H groups in total. The highest BCUT2D eigenvalue weighted by Crippen LogP contribution is 2.32. The number of imidazole rings is 1. The zero-order chi connectivity index (χ0) is 24.9. The number of hydrogen-bond acceptors (Lipinski definition) is 5. The number of aromatic nitrogens is 3. The van der Waals surface area contributed by atoms with E-state index in [4.69, 9.17) is 4.74 Å². The van der Waals surface area contributed by atoms with Crippen molar-refractivity contribution in [3.63, 3.8) is 0 Å². The number of nitrogens with one attached hydrogen (secondary N) is 1. The number of fused-ring (bicyclic) bond motifs is 2. The van der Waals surface area contributed by atoms with Crippen LogP contribution in [0.25, 0.3) is 16.8 Å². The number of carbonyl (C=O) groups is 1. The third kappa shape index (κ3) is 3.96. The molecule has 2 aromatic heterocycles. The molecule has 0 radical (unpaired) electrons. The molecule has 9 heteroatoms. The van der Waals surface area contributed by atoms with Crippen LogP contribution in [0.15, 0.2) is 36.7 Å². The third-order valence-electron chi connectivity index (χ3n) is 6.22. The van der Waals surface area contributed by atoms with Crippen molar-refractivity contribution in [3.05, 3.63) is 76.2 Å². The van der Waals surface area contributed by atoms with E-state index in [1.54, 1.807) is 36.8 Å². The molecule has 4 aromatic rings. The Balaban J connectivity index is 1.53. The highest BCUT2D eigenvalue weighted by atomic mass is 19.1. The minimum absolute atomic E-state index is 0.0134. The predicted octanol–water partition coefficient (Wildman–Crippen LogP) is 4.54. The molecule has 1 aliphatic heterocycles. The molecule has 3 heterocycles. The fourth-order valence-corrected chi connectivity index (χ4v) is 4.47. The van der Waals surface area contributed by atoms with Crippen LogP contribution in [0.3, 0.4) is 0 Å². The van der Waals surface area contributed by atoms with Crippen LogP contribution < -0.4 is 10.1 Å². The van der Waals surface area contributed by atoms with Gasteiger partial charge in [-0.3, -0.25) is 9.20 Å². The summed E-state index contributed by atoms with van der Waals surface area (Å²) in [7, 11) is 3.17. The van der Waals surface area contributed by atoms with E-state index in [1.165, 1.54) is 17.0 Å². The molecule has 2 aromatic carbocycles. The van der Waals surface area contributed by atoms with Crippen molar-refractivity contribution in [1.82, 2.24) is 19.3 Å². The molecular weight excluding hydrogens is 452 g/mol. The van der Waals surface area contributed by atoms with E-state index in [9.17, 15) is 13.6 Å². The van der Waals surface area contributed by atoms with E-state index in [-0.39, 0.29) is 17.9 Å². The maximum Gasteiger partial charge on any atom is 0.256 e. The fraction of sp³-hybridized carbons (Fsp3) is 0.269. The standard InChI is InChI=1S/C26H25F2N5O2/c1-14-9-18(25(34)32(3)4)22(28)10-17(14)20-12-30-26(33-13-15(2)31-24(20)33)29-11-19-16-7-8-35-23(16)6-5-21(19)27/h5-6,9-10,12-13H,7-8,11H2,1-4H3,(H,29,30). The summed E-state index contributed by atoms with van der Waals surface area (Å²) >= 11 is 0. The van der Waals surface area contributed by atoms with Crippen LogP contribution >= 0.6 is 0 Å². The average Bonchev–Trinajstić information content (AvgIpc) is 3.45. The van der Waals surface area contributed by atoms with Crippen molar-refractivity contribution in [2.75, 3.05) is 26.0 Å². The number of halogens is 2. The lowest BCUT2D eigenvalue weighted by Crippen LogP contribution is -2.23. The van der Waals surface area contributed by atoms with Crippen molar-refractivity contribution >= 4 is 17.5 Å². The van der Waals surface area contributed by atoms with E-state index in [0.717, 1.165) is 16.8 Å². The summed E-state index contributed by atoms with van der Waals surface area (Å²) in [6.07, 6.45) is 4.10. The first-order chi connectivity index (χ1) is 16.7. The summed E-state index contributed by atoms with van der Waals surface area (Å²) in [4.78, 5) is 22.8. The Morgan fingerprint density at radius 3 is 2.74 bits per heavy atom. The van der Waals surface area contributed by atoms with Gasteiger partial charge in [-0.25, -0.2) is 18.7 Å². The number of carbonyl (C=O) groups excluding carboxylic acids is 1. The van der Waals surface area contributed by atoms with Crippen molar-refractivity contribution in [1.29, 1.82) is 0 Å². The molecule has 0 fully saturated rings. The molecule has 7 nitrogen and oxygen atoms in total. The molecule has 0 atom stereocenters. The van der Waals surface area contributed by atoms with Crippen molar-refractivity contribution in [3.8, 4) is 16.9 Å². The van der Waals surface area contributed by atoms with Gasteiger partial charge in [0.25, 0.3) is 5.91 Å². The van der Waals surface area contributed by atoms with E-state index in [0.29, 0.717) is 47.1 Å². The number of rotatable bonds is 5. The first-order valence-electron chi connectivity index (χ1n) is 11.3. The van der Waals surface area contributed by atoms with Gasteiger partial charge in [-0.15, -0.1) is 0 Å². The Morgan fingerprint density at radius 1 is 1.17 bits per heavy atom. The molecule has 0 saturated carbocycles. The molecule has 1 amide bonds. The summed E-state index contributed by atoms with van der Waals surface area (Å²) in [5, 5.41) is 3.22. The Labute approximate surface area is 201 Å². The second kappa shape index (κ2) is 8.65. The fourth-order valence-electron chi connectivity index (χ4n) is 4.47. The summed E-state index contributed by atoms with van der Waals surface area (Å²) < 4.78 is 36.8. The number of ether oxygens (including phenoxy) is 1. The second-order valence-electron chi connectivity index (χ2n) is 8.87. The highest BCUT2D eigenvalue weighted by molar-refractivity contribution is 5.95. The van der Waals surface area contributed by atoms with Gasteiger partial charge in [-0.2, -0.15) is 0 Å². The SMILES string of the molecule is Cc1cn2c(NCc3c(F)ccc4c3CCO4)ncc(-c3cc(F)c(C(=O)N(C)C)cc3C)c2n1. The average molecular weight is 478 g/mol. The Hall–Kier alpha value is -4.01. The van der Waals surface area contributed by atoms with Crippen molar-refractivity contribution in [2.45, 2.75) is 26.8 Å². The monoisotopic (exact) mass is 477 g/mol. The Kier molecular flexibility index (Phi) is 5.62. The molecule has 1 aliphatic rings. The lowest BCUT2D eigenvalue weighted by atomic mass is 9.99. The van der Waals surface area contributed by atoms with Crippen LogP contribution in [-0.4, -0.2) is 45.9 Å². The summed E-state index contributed by atoms with van der Waals surface area (Å²) in [6, 6.07) is 5.97. The topological polar surface area (TPSA) is 71.8 Å². The van der Waals surface area contributed by atoms with E-state index >= 15 is 0 Å². The van der Waals surface area contributed by atoms with Crippen LogP contribution in [0.1, 0.15) is 32.7 Å². The summed E-state index contributed by atoms with van der Waals surface area (Å²) in [5.41, 5.74) is 4.71. The van der Waals surface area contributed by atoms with Crippen LogP contribution in [0.5, 0.6) is 5.75 Å². The first-order valence-corrected chi connectivity index (χ1v) is 11.3. The molecule has 0 spiro atoms. The van der Waals surface area contributed by atoms with E-state index in [2.05, 4.69) is 15.3 Å². The van der Waals surface area contributed by atoms with Gasteiger partial charge in [0.1, 0.15) is 23.0 Å². The van der Waals surface area contributed by atoms with Gasteiger partial charge in [0, 0.05) is 56.1 Å². The number of amides is 1. The van der Waals surface area contributed by atoms with E-state index in [1.807, 2.05) is 20.0 Å². The Bertz CT molecular complexity index is 1480. The minimum atomic E-state index is -0.608. The zero-order valence-electron chi connectivity index (χ0n) is 19.9. The molecular formula is C26H25F2N5O2. The van der Waals surface area contributed by atoms with Crippen LogP contribution in [-0.2, 0) is 13.0 Å². The highest BCUT2D eigenvalue weighted by Gasteiger charge is 2.21. The smallest absolute Gasteiger partial charge is 0.256 e. The van der Waals surface area contributed by atoms with Crippen LogP contribution in [0.4, 0.5) is 14.7 Å². The largest absolute Gasteiger partial charge is 0.493 e. The lowest BCUT2D eigenvalue weighted by molar-refractivity contribution is 0.0823. The van der Waals surface area contributed by atoms with Crippen LogP contribution in [0, 0.1) is 25.5 Å². The first kappa shape index (κ1) is 22.8. The molecule has 180 valence electrons. The maximum atomic E-state index is 14.9. The molecule has 0 unspecified atom stereocenters. The van der Waals surface area contributed by atoms with Gasteiger partial charge in [-0.05, 0) is 49.2 Å². The van der Waals surface area contributed by atoms with Gasteiger partial charge in [0.2, 0.25) is 5.95 Å². The van der Waals surface area contributed by atoms with Crippen molar-refractivity contribution < 1.29 is 18.3 Å². The summed E-state index contributed by atoms with van der Waals surface area (Å²) in [5.74, 6) is -0.110. The molecule has 0 aliphatic carbocycles. The Morgan fingerprint density at radius 2 is 1.97 bits per heavy atom. The number of aryl methyl sites for hydroxylation is 2. The molecule has 0 saturated heterocycles. The quantitative estimate of drug-likeness (QED) is 0.457. The molecule has 5 rings (SSSR count). The van der Waals surface area contributed by atoms with Gasteiger partial charge >= 0.3 is 0 Å². The summed E-state index contributed by atoms with van der Waals surface area (Å²) in [6.45, 7) is 4.44. The van der Waals surface area contributed by atoms with Gasteiger partial charge in [0.05, 0.1) is 17.9 Å². The van der Waals surface area contributed by atoms with Gasteiger partial charge < -0.3 is 15.0 Å². The number of nitrogens with zero attached hydrogens (tertiary/aromatic N) is 4. The normalized spacial score (nSPS) is 12.5. The molecule has 0 bridgehead atoms. The lowest BCUT2D eigenvalue weighted by Gasteiger charge is -2.15. The van der Waals surface area contributed by atoms with Crippen LogP contribution in [0.2, 0.25) is 0 Å². The third-order valence-corrected chi connectivity index (χ3v) is 6.22.